The molecule has 0 fully saturated rings. The number of hydrogen-bond acceptors (Lipinski definition) is 34. The molecular formula is C9H9Cl7N3O31Re. The van der Waals surface area contributed by atoms with Gasteiger partial charge in [0.25, 0.3) is 20.4 Å². The molecule has 0 aliphatic carbocycles. The zero-order valence-corrected chi connectivity index (χ0v) is 31.0. The van der Waals surface area contributed by atoms with Gasteiger partial charge in [-0.25, -0.2) is 130 Å². The van der Waals surface area contributed by atoms with Crippen LogP contribution >= 0.6 is 0 Å². The van der Waals surface area contributed by atoms with Gasteiger partial charge in [-0.15, -0.1) is 71.7 Å². The van der Waals surface area contributed by atoms with Gasteiger partial charge in [0.1, 0.15) is 0 Å². The summed E-state index contributed by atoms with van der Waals surface area (Å²) < 4.78 is 238. The summed E-state index contributed by atoms with van der Waals surface area (Å²) >= 11 is 0. The van der Waals surface area contributed by atoms with Crippen molar-refractivity contribution in [1.29, 1.82) is 15.8 Å². The van der Waals surface area contributed by atoms with Crippen molar-refractivity contribution in [2.75, 3.05) is 0 Å². The molecule has 0 saturated heterocycles. The molecule has 0 unspecified atom stereocenters. The minimum atomic E-state index is -4.94. The van der Waals surface area contributed by atoms with Gasteiger partial charge in [-0.2, -0.15) is 15.8 Å². The Kier molecular flexibility index (Phi) is 106. The topological polar surface area (TPSA) is 768 Å². The Bertz CT molecular complexity index is 548. The van der Waals surface area contributed by atoms with Crippen LogP contribution in [0.4, 0.5) is 0 Å². The SMILES string of the molecule is CC#N.CC#N.CC#N.[C]=O.[C]=O.[C]=O.[O-][Cl+3]([O-])([O-])[O-].[O-][Cl+3]([O-])([O-])[O-].[O-][Cl+3]([O-])([O-])[O-].[O-][Cl+3]([O-])([O-])[O-].[O-][Cl+3]([O-])([O-])[O-].[O-][Cl+3]([O-])([O-])[O-].[O-][Cl+3]([O-])([O-])[O-].[Re+7]. The number of hydrogen-bond donors (Lipinski definition) is 0. The molecule has 42 heteroatoms. The van der Waals surface area contributed by atoms with Crippen molar-refractivity contribution < 1.29 is 237 Å². The zero-order valence-electron chi connectivity index (χ0n) is 23.0. The summed E-state index contributed by atoms with van der Waals surface area (Å²) in [7, 11) is -34.6. The van der Waals surface area contributed by atoms with E-state index in [2.05, 4.69) is 20.4 Å². The molecule has 0 atom stereocenters. The third kappa shape index (κ3) is 121000. The van der Waals surface area contributed by atoms with E-state index in [0.717, 1.165) is 0 Å². The normalized spacial score (nSPS) is 8.94. The molecule has 0 heterocycles. The van der Waals surface area contributed by atoms with Crippen LogP contribution in [0.25, 0.3) is 0 Å². The number of carbonyl (C=O) groups excluding carboxylic acids is 3. The van der Waals surface area contributed by atoms with E-state index in [4.69, 9.17) is 161 Å². The average Bonchev–Trinajstić information content (AvgIpc) is 2.71. The van der Waals surface area contributed by atoms with E-state index < -0.39 is 71.7 Å². The van der Waals surface area contributed by atoms with Crippen LogP contribution in [-0.4, -0.2) is 20.4 Å². The zero-order chi connectivity index (χ0) is 45.6. The van der Waals surface area contributed by atoms with Crippen molar-refractivity contribution >= 4 is 20.4 Å². The third-order valence-corrected chi connectivity index (χ3v) is 0. The monoisotopic (exact) mass is 1090 g/mol. The first-order valence-corrected chi connectivity index (χ1v) is 15.7. The summed E-state index contributed by atoms with van der Waals surface area (Å²) in [5.41, 5.74) is 0. The van der Waals surface area contributed by atoms with Crippen LogP contribution < -0.4 is 130 Å². The standard InChI is InChI=1S/3C2H3N.3CO.7ClHO4.Re/c3*1-2-3;3*1-2;7*2-1(3,4)5;/h3*1H3;;;;7*(H,2,3,4,5);/q;;;;;;;;;;;;;+7/p-7. The van der Waals surface area contributed by atoms with Crippen LogP contribution in [0.1, 0.15) is 20.8 Å². The van der Waals surface area contributed by atoms with Crippen LogP contribution in [0.15, 0.2) is 0 Å². The largest absolute Gasteiger partial charge is 7.00 e. The first-order chi connectivity index (χ1) is 21.2. The Morgan fingerprint density at radius 1 is 0.275 bits per heavy atom. The molecule has 0 saturated carbocycles. The average molecular weight is 1090 g/mol. The summed E-state index contributed by atoms with van der Waals surface area (Å²) in [4.78, 5) is 22.5. The number of nitrogens with zero attached hydrogens (tertiary/aromatic N) is 3. The van der Waals surface area contributed by atoms with Crippen LogP contribution in [0.2, 0.25) is 0 Å². The molecule has 34 nitrogen and oxygen atoms in total. The van der Waals surface area contributed by atoms with E-state index in [9.17, 15) is 0 Å². The quantitative estimate of drug-likeness (QED) is 0.217. The molecule has 0 bridgehead atoms. The van der Waals surface area contributed by atoms with E-state index in [0.29, 0.717) is 0 Å². The maximum atomic E-state index is 8.49. The fourth-order valence-corrected chi connectivity index (χ4v) is 0. The van der Waals surface area contributed by atoms with Crippen molar-refractivity contribution in [3.8, 4) is 18.2 Å². The molecule has 0 spiro atoms. The van der Waals surface area contributed by atoms with Gasteiger partial charge in [0.05, 0.1) is 18.2 Å². The Labute approximate surface area is 311 Å². The van der Waals surface area contributed by atoms with Crippen molar-refractivity contribution in [2.45, 2.75) is 20.8 Å². The van der Waals surface area contributed by atoms with Gasteiger partial charge in [0.15, 0.2) is 0 Å². The molecule has 0 N–H and O–H groups in total. The fourth-order valence-electron chi connectivity index (χ4n) is 0. The number of halogens is 7. The Morgan fingerprint density at radius 2 is 0.275 bits per heavy atom. The molecule has 0 aromatic rings. The fraction of sp³-hybridized carbons (Fsp3) is 0.333. The van der Waals surface area contributed by atoms with Crippen LogP contribution in [-0.2, 0) is 34.8 Å². The summed E-state index contributed by atoms with van der Waals surface area (Å²) in [5, 5.41) is 22.0. The van der Waals surface area contributed by atoms with Gasteiger partial charge in [-0.05, 0) is 0 Å². The Morgan fingerprint density at radius 3 is 0.275 bits per heavy atom. The van der Waals surface area contributed by atoms with Gasteiger partial charge in [-0.1, -0.05) is 0 Å². The van der Waals surface area contributed by atoms with Crippen LogP contribution in [0, 0.1) is 106 Å². The van der Waals surface area contributed by atoms with Crippen LogP contribution in [0.3, 0.4) is 0 Å². The van der Waals surface area contributed by atoms with Gasteiger partial charge < -0.3 is 0 Å². The maximum Gasteiger partial charge on any atom is 7.00 e. The molecule has 6 radical (unpaired) electrons. The second-order valence-electron chi connectivity index (χ2n) is 3.32. The van der Waals surface area contributed by atoms with Gasteiger partial charge in [0, 0.05) is 20.8 Å². The second-order valence-corrected chi connectivity index (χ2v) is 8.61. The van der Waals surface area contributed by atoms with Gasteiger partial charge in [0.2, 0.25) is 0 Å². The summed E-state index contributed by atoms with van der Waals surface area (Å²) in [6.07, 6.45) is 0. The summed E-state index contributed by atoms with van der Waals surface area (Å²) in [6.45, 7) is 17.8. The molecule has 0 aromatic carbocycles. The van der Waals surface area contributed by atoms with Crippen molar-refractivity contribution in [1.82, 2.24) is 0 Å². The minimum absolute atomic E-state index is 0. The van der Waals surface area contributed by atoms with E-state index >= 15 is 0 Å². The molecule has 0 rings (SSSR count). The van der Waals surface area contributed by atoms with Gasteiger partial charge in [-0.3, -0.25) is 14.4 Å². The Hall–Kier alpha value is -0.948. The van der Waals surface area contributed by atoms with Crippen LogP contribution in [0.5, 0.6) is 0 Å². The molecule has 0 aromatic heterocycles. The predicted octanol–water partition coefficient (Wildman–Crippen LogP) is -32.9. The summed E-state index contributed by atoms with van der Waals surface area (Å²) in [5.74, 6) is 0. The van der Waals surface area contributed by atoms with E-state index in [1.807, 2.05) is 0 Å². The van der Waals surface area contributed by atoms with Crippen molar-refractivity contribution in [3.05, 3.63) is 0 Å². The second kappa shape index (κ2) is 58.4. The van der Waals surface area contributed by atoms with Gasteiger partial charge >= 0.3 is 20.4 Å². The molecule has 302 valence electrons. The molecule has 51 heavy (non-hydrogen) atoms. The minimum Gasteiger partial charge on any atom is -0.281 e. The van der Waals surface area contributed by atoms with Crippen molar-refractivity contribution in [3.63, 3.8) is 0 Å². The molecule has 0 aliphatic rings. The number of rotatable bonds is 0. The third-order valence-electron chi connectivity index (χ3n) is 0. The number of nitriles is 3. The molecule has 0 amide bonds. The maximum absolute atomic E-state index is 8.49. The molecule has 0 aliphatic heterocycles. The van der Waals surface area contributed by atoms with E-state index in [-0.39, 0.29) is 20.4 Å². The predicted molar refractivity (Wildman–Crippen MR) is 50.9 cm³/mol. The van der Waals surface area contributed by atoms with E-state index in [1.165, 1.54) is 20.8 Å². The van der Waals surface area contributed by atoms with E-state index in [1.54, 1.807) is 18.2 Å². The summed E-state index contributed by atoms with van der Waals surface area (Å²) in [6, 6.07) is 5.25. The van der Waals surface area contributed by atoms with Crippen molar-refractivity contribution in [2.24, 2.45) is 0 Å². The first-order valence-electron chi connectivity index (χ1n) is 7.10. The first kappa shape index (κ1) is 92.7. The molecular weight excluding hydrogens is 1080 g/mol. The smallest absolute Gasteiger partial charge is 0.281 e. The Balaban J connectivity index is -0.0000000245.